The number of non-ortho nitro benzene ring substituents is 1. The molecule has 0 fully saturated rings. The summed E-state index contributed by atoms with van der Waals surface area (Å²) in [6.07, 6.45) is 0. The maximum atomic E-state index is 11.3. The molecule has 1 aromatic heterocycles. The summed E-state index contributed by atoms with van der Waals surface area (Å²) in [5, 5.41) is 23.3. The number of aryl methyl sites for hydroxylation is 1. The topological polar surface area (TPSA) is 101 Å². The lowest BCUT2D eigenvalue weighted by Crippen LogP contribution is -2.11. The van der Waals surface area contributed by atoms with Crippen molar-refractivity contribution < 1.29 is 9.72 Å². The molecule has 2 rings (SSSR count). The number of hydrogen-bond acceptors (Lipinski definition) is 4. The molecule has 0 aliphatic carbocycles. The van der Waals surface area contributed by atoms with Gasteiger partial charge in [0, 0.05) is 31.0 Å². The molecule has 0 saturated heterocycles. The van der Waals surface area contributed by atoms with Crippen molar-refractivity contribution >= 4 is 28.3 Å². The predicted octanol–water partition coefficient (Wildman–Crippen LogP) is 2.40. The number of nitro benzene ring substituents is 1. The molecule has 0 spiro atoms. The highest BCUT2D eigenvalue weighted by Crippen LogP contribution is 2.32. The summed E-state index contributed by atoms with van der Waals surface area (Å²) in [6, 6.07) is 6.33. The number of carbonyl (C=O) groups is 1. The van der Waals surface area contributed by atoms with Crippen LogP contribution in [0.3, 0.4) is 0 Å². The van der Waals surface area contributed by atoms with Crippen molar-refractivity contribution in [3.05, 3.63) is 33.9 Å². The second-order valence-electron chi connectivity index (χ2n) is 4.22. The highest BCUT2D eigenvalue weighted by atomic mass is 16.6. The van der Waals surface area contributed by atoms with E-state index < -0.39 is 4.92 Å². The van der Waals surface area contributed by atoms with E-state index >= 15 is 0 Å². The Hall–Kier alpha value is -2.88. The van der Waals surface area contributed by atoms with Gasteiger partial charge in [0.05, 0.1) is 10.4 Å². The molecule has 2 aromatic rings. The number of amides is 1. The van der Waals surface area contributed by atoms with E-state index in [9.17, 15) is 20.2 Å². The molecule has 102 valence electrons. The minimum atomic E-state index is -0.490. The summed E-state index contributed by atoms with van der Waals surface area (Å²) in [5.74, 6) is 0.0755. The van der Waals surface area contributed by atoms with E-state index in [0.29, 0.717) is 28.8 Å². The van der Waals surface area contributed by atoms with Crippen molar-refractivity contribution in [2.75, 3.05) is 5.32 Å². The number of carbonyl (C=O) groups excluding carboxylic acids is 1. The van der Waals surface area contributed by atoms with Crippen LogP contribution >= 0.6 is 0 Å². The largest absolute Gasteiger partial charge is 0.326 e. The quantitative estimate of drug-likeness (QED) is 0.684. The number of nitriles is 1. The first kappa shape index (κ1) is 13.5. The van der Waals surface area contributed by atoms with Gasteiger partial charge in [-0.15, -0.1) is 0 Å². The van der Waals surface area contributed by atoms with E-state index in [0.717, 1.165) is 0 Å². The number of fused-ring (bicyclic) bond motifs is 1. The van der Waals surface area contributed by atoms with Crippen LogP contribution in [0.5, 0.6) is 0 Å². The molecule has 1 N–H and O–H groups in total. The number of nitro groups is 1. The number of rotatable bonds is 3. The molecule has 1 amide bonds. The van der Waals surface area contributed by atoms with Gasteiger partial charge in [0.1, 0.15) is 17.5 Å². The normalized spacial score (nSPS) is 10.2. The van der Waals surface area contributed by atoms with Crippen LogP contribution in [0.2, 0.25) is 0 Å². The summed E-state index contributed by atoms with van der Waals surface area (Å²) in [7, 11) is 0. The number of nitrogens with one attached hydrogen (secondary N) is 1. The number of anilines is 1. The van der Waals surface area contributed by atoms with Crippen LogP contribution < -0.4 is 5.32 Å². The van der Waals surface area contributed by atoms with Gasteiger partial charge in [0.15, 0.2) is 0 Å². The first-order valence-electron chi connectivity index (χ1n) is 5.98. The summed E-state index contributed by atoms with van der Waals surface area (Å²) >= 11 is 0. The van der Waals surface area contributed by atoms with Crippen molar-refractivity contribution in [1.82, 2.24) is 4.57 Å². The molecule has 1 aromatic carbocycles. The van der Waals surface area contributed by atoms with Crippen LogP contribution in [0, 0.1) is 21.4 Å². The Balaban J connectivity index is 2.82. The molecular formula is C13H12N4O3. The van der Waals surface area contributed by atoms with Gasteiger partial charge in [-0.2, -0.15) is 5.26 Å². The number of nitrogens with zero attached hydrogens (tertiary/aromatic N) is 3. The fraction of sp³-hybridized carbons (Fsp3) is 0.231. The first-order valence-corrected chi connectivity index (χ1v) is 5.98. The average Bonchev–Trinajstić information content (AvgIpc) is 2.69. The molecule has 0 atom stereocenters. The molecule has 7 nitrogen and oxygen atoms in total. The number of benzene rings is 1. The Morgan fingerprint density at radius 1 is 1.55 bits per heavy atom. The molecule has 0 bridgehead atoms. The summed E-state index contributed by atoms with van der Waals surface area (Å²) in [6.45, 7) is 3.67. The van der Waals surface area contributed by atoms with Crippen molar-refractivity contribution in [1.29, 1.82) is 5.26 Å². The molecule has 7 heteroatoms. The second kappa shape index (κ2) is 5.01. The van der Waals surface area contributed by atoms with Crippen molar-refractivity contribution in [2.24, 2.45) is 0 Å². The molecule has 1 heterocycles. The van der Waals surface area contributed by atoms with Crippen molar-refractivity contribution in [3.8, 4) is 6.07 Å². The van der Waals surface area contributed by atoms with Gasteiger partial charge in [-0.05, 0) is 13.0 Å². The van der Waals surface area contributed by atoms with Gasteiger partial charge in [-0.1, -0.05) is 0 Å². The summed E-state index contributed by atoms with van der Waals surface area (Å²) in [5.41, 5.74) is 0.817. The zero-order valence-corrected chi connectivity index (χ0v) is 11.0. The third kappa shape index (κ3) is 2.07. The van der Waals surface area contributed by atoms with Crippen LogP contribution in [0.15, 0.2) is 18.2 Å². The lowest BCUT2D eigenvalue weighted by molar-refractivity contribution is -0.384. The second-order valence-corrected chi connectivity index (χ2v) is 4.22. The summed E-state index contributed by atoms with van der Waals surface area (Å²) < 4.78 is 1.68. The fourth-order valence-electron chi connectivity index (χ4n) is 2.19. The molecule has 0 unspecified atom stereocenters. The molecular weight excluding hydrogens is 260 g/mol. The third-order valence-electron chi connectivity index (χ3n) is 2.98. The third-order valence-corrected chi connectivity index (χ3v) is 2.98. The van der Waals surface area contributed by atoms with Crippen LogP contribution in [-0.4, -0.2) is 15.4 Å². The number of hydrogen-bond donors (Lipinski definition) is 1. The van der Waals surface area contributed by atoms with Crippen LogP contribution in [-0.2, 0) is 11.3 Å². The molecule has 0 aliphatic heterocycles. The van der Waals surface area contributed by atoms with Gasteiger partial charge in [0.2, 0.25) is 5.91 Å². The Kier molecular flexibility index (Phi) is 3.39. The maximum absolute atomic E-state index is 11.3. The maximum Gasteiger partial charge on any atom is 0.271 e. The van der Waals surface area contributed by atoms with E-state index in [4.69, 9.17) is 0 Å². The van der Waals surface area contributed by atoms with Gasteiger partial charge in [-0.3, -0.25) is 14.9 Å². The van der Waals surface area contributed by atoms with E-state index in [1.165, 1.54) is 25.1 Å². The van der Waals surface area contributed by atoms with Crippen LogP contribution in [0.4, 0.5) is 11.5 Å². The molecule has 0 saturated carbocycles. The number of aromatic nitrogens is 1. The highest BCUT2D eigenvalue weighted by Gasteiger charge is 2.19. The van der Waals surface area contributed by atoms with Gasteiger partial charge >= 0.3 is 0 Å². The van der Waals surface area contributed by atoms with Crippen molar-refractivity contribution in [3.63, 3.8) is 0 Å². The van der Waals surface area contributed by atoms with E-state index in [1.54, 1.807) is 4.57 Å². The Labute approximate surface area is 114 Å². The lowest BCUT2D eigenvalue weighted by Gasteiger charge is -2.07. The lowest BCUT2D eigenvalue weighted by atomic mass is 10.1. The Bertz CT molecular complexity index is 755. The Morgan fingerprint density at radius 2 is 2.25 bits per heavy atom. The smallest absolute Gasteiger partial charge is 0.271 e. The highest BCUT2D eigenvalue weighted by molar-refractivity contribution is 5.99. The Morgan fingerprint density at radius 3 is 2.75 bits per heavy atom. The van der Waals surface area contributed by atoms with Gasteiger partial charge in [0.25, 0.3) is 5.69 Å². The standard InChI is InChI=1S/C13H12N4O3/c1-3-16-12-6-9(17(19)20)4-5-10(12)11(7-14)13(16)15-8(2)18/h4-6H,3H2,1-2H3,(H,15,18). The van der Waals surface area contributed by atoms with Gasteiger partial charge in [-0.25, -0.2) is 0 Å². The van der Waals surface area contributed by atoms with Crippen LogP contribution in [0.25, 0.3) is 10.9 Å². The minimum Gasteiger partial charge on any atom is -0.326 e. The zero-order chi connectivity index (χ0) is 14.9. The minimum absolute atomic E-state index is 0.0523. The zero-order valence-electron chi connectivity index (χ0n) is 11.0. The molecule has 0 aliphatic rings. The van der Waals surface area contributed by atoms with Crippen LogP contribution in [0.1, 0.15) is 19.4 Å². The molecule has 20 heavy (non-hydrogen) atoms. The summed E-state index contributed by atoms with van der Waals surface area (Å²) in [4.78, 5) is 21.6. The molecule has 0 radical (unpaired) electrons. The fourth-order valence-corrected chi connectivity index (χ4v) is 2.19. The average molecular weight is 272 g/mol. The van der Waals surface area contributed by atoms with E-state index in [1.807, 2.05) is 13.0 Å². The SMILES string of the molecule is CCn1c(NC(C)=O)c(C#N)c2ccc([N+](=O)[O-])cc21. The van der Waals surface area contributed by atoms with E-state index in [2.05, 4.69) is 5.32 Å². The van der Waals surface area contributed by atoms with Crippen molar-refractivity contribution in [2.45, 2.75) is 20.4 Å². The van der Waals surface area contributed by atoms with E-state index in [-0.39, 0.29) is 11.6 Å². The first-order chi connectivity index (χ1) is 9.49. The monoisotopic (exact) mass is 272 g/mol. The predicted molar refractivity (Wildman–Crippen MR) is 73.3 cm³/mol. The van der Waals surface area contributed by atoms with Gasteiger partial charge < -0.3 is 9.88 Å².